The van der Waals surface area contributed by atoms with Crippen LogP contribution >= 0.6 is 0 Å². The number of hydrogen-bond donors (Lipinski definition) is 2. The minimum absolute atomic E-state index is 0.282. The maximum atomic E-state index is 15.8. The van der Waals surface area contributed by atoms with Crippen LogP contribution in [0.5, 0.6) is 11.5 Å². The van der Waals surface area contributed by atoms with Crippen LogP contribution < -0.4 is 24.8 Å². The van der Waals surface area contributed by atoms with Crippen LogP contribution in [0.2, 0.25) is 0 Å². The van der Waals surface area contributed by atoms with Gasteiger partial charge < -0.3 is 14.7 Å². The summed E-state index contributed by atoms with van der Waals surface area (Å²) in [4.78, 5) is 14.7. The molecule has 8 nitrogen and oxygen atoms in total. The van der Waals surface area contributed by atoms with Gasteiger partial charge in [0.15, 0.2) is 28.8 Å². The number of halogens is 4. The van der Waals surface area contributed by atoms with E-state index in [0.717, 1.165) is 46.3 Å². The fraction of sp³-hybridized carbons (Fsp3) is 0.385. The minimum atomic E-state index is -4.51. The zero-order valence-corrected chi connectivity index (χ0v) is 30.1. The van der Waals surface area contributed by atoms with E-state index >= 15 is 8.78 Å². The molecular weight excluding hydrogens is 700 g/mol. The zero-order chi connectivity index (χ0) is 37.4. The average Bonchev–Trinajstić information content (AvgIpc) is 3.05. The quantitative estimate of drug-likeness (QED) is 0.110. The Bertz CT molecular complexity index is 2520. The average molecular weight is 738 g/mol. The number of benzene rings is 3. The molecule has 0 aromatic heterocycles. The van der Waals surface area contributed by atoms with Gasteiger partial charge in [-0.1, -0.05) is 6.08 Å². The Morgan fingerprint density at radius 3 is 2.31 bits per heavy atom. The molecule has 5 heterocycles. The van der Waals surface area contributed by atoms with Gasteiger partial charge in [-0.25, -0.2) is 26.9 Å². The lowest BCUT2D eigenvalue weighted by atomic mass is 9.79. The molecular formula is C39H37F4N2O6S+. The lowest BCUT2D eigenvalue weighted by Gasteiger charge is -2.47. The van der Waals surface area contributed by atoms with E-state index in [1.807, 2.05) is 26.8 Å². The standard InChI is InChI=1S/C39H36F4N2O6S/c1-18-15-38(2,3)44-10-6-8-20-33(44)22(18)12-25-24(14-27-28(37(46)47)30(41)32(43)31(42)29(27)40)26-13-23-19(17-52(48,49)50)16-39(4,5)45-11-7-9-21(34(23)45)36(26)51-35(20)25/h12-13,15-16H,6-11,14,17H2,1-5H3,(H-,46,47,48,49,50)/p+1. The van der Waals surface area contributed by atoms with Gasteiger partial charge >= 0.3 is 5.97 Å². The number of rotatable bonds is 5. The van der Waals surface area contributed by atoms with Crippen molar-refractivity contribution in [3.8, 4) is 11.5 Å². The van der Waals surface area contributed by atoms with E-state index in [2.05, 4.69) is 29.4 Å². The Kier molecular flexibility index (Phi) is 7.49. The molecule has 0 fully saturated rings. The molecule has 0 saturated carbocycles. The van der Waals surface area contributed by atoms with Crippen molar-refractivity contribution in [2.75, 3.05) is 23.7 Å². The van der Waals surface area contributed by atoms with E-state index < -0.39 is 68.2 Å². The Hall–Kier alpha value is -4.49. The van der Waals surface area contributed by atoms with Crippen LogP contribution in [0.4, 0.5) is 23.2 Å². The summed E-state index contributed by atoms with van der Waals surface area (Å²) >= 11 is 0. The fourth-order valence-corrected chi connectivity index (χ4v) is 9.83. The van der Waals surface area contributed by atoms with Crippen LogP contribution in [0.1, 0.15) is 91.2 Å². The van der Waals surface area contributed by atoms with Crippen molar-refractivity contribution in [3.05, 3.63) is 97.1 Å². The molecule has 13 heteroatoms. The van der Waals surface area contributed by atoms with E-state index in [-0.39, 0.29) is 11.1 Å². The Labute approximate surface area is 297 Å². The first-order valence-corrected chi connectivity index (χ1v) is 18.9. The third-order valence-corrected chi connectivity index (χ3v) is 11.9. The third kappa shape index (κ3) is 4.98. The first-order valence-electron chi connectivity index (χ1n) is 17.3. The van der Waals surface area contributed by atoms with Crippen LogP contribution in [0.3, 0.4) is 0 Å². The van der Waals surface area contributed by atoms with Crippen LogP contribution in [-0.2, 0) is 29.4 Å². The number of allylic oxidation sites excluding steroid dienone is 1. The fourth-order valence-electron chi connectivity index (χ4n) is 9.20. The second-order valence-electron chi connectivity index (χ2n) is 15.5. The molecule has 5 aliphatic heterocycles. The topological polar surface area (TPSA) is 107 Å². The van der Waals surface area contributed by atoms with Gasteiger partial charge in [-0.3, -0.25) is 4.55 Å². The van der Waals surface area contributed by atoms with Crippen molar-refractivity contribution >= 4 is 38.5 Å². The van der Waals surface area contributed by atoms with Gasteiger partial charge in [0.25, 0.3) is 10.1 Å². The first kappa shape index (κ1) is 34.6. The number of ether oxygens (including phenoxy) is 1. The number of hydrogen-bond acceptors (Lipinski definition) is 5. The summed E-state index contributed by atoms with van der Waals surface area (Å²) in [5.41, 5.74) is 2.81. The summed E-state index contributed by atoms with van der Waals surface area (Å²) in [5, 5.41) is 11.1. The minimum Gasteiger partial charge on any atom is -0.478 e. The zero-order valence-electron chi connectivity index (χ0n) is 29.3. The lowest BCUT2D eigenvalue weighted by molar-refractivity contribution is 0.0688. The van der Waals surface area contributed by atoms with Crippen molar-refractivity contribution in [2.24, 2.45) is 0 Å². The molecule has 0 spiro atoms. The van der Waals surface area contributed by atoms with Gasteiger partial charge in [-0.15, -0.1) is 0 Å². The number of carboxylic acid groups (broad SMARTS) is 1. The predicted octanol–water partition coefficient (Wildman–Crippen LogP) is 5.94. The largest absolute Gasteiger partial charge is 0.478 e. The second-order valence-corrected chi connectivity index (χ2v) is 16.9. The van der Waals surface area contributed by atoms with Gasteiger partial charge in [-0.05, 0) is 75.0 Å². The maximum absolute atomic E-state index is 15.8. The number of carboxylic acids is 1. The van der Waals surface area contributed by atoms with Gasteiger partial charge in [-0.2, -0.15) is 8.42 Å². The van der Waals surface area contributed by atoms with Crippen LogP contribution in [0.15, 0.2) is 24.3 Å². The van der Waals surface area contributed by atoms with Crippen LogP contribution in [0.25, 0.3) is 16.7 Å². The highest BCUT2D eigenvalue weighted by Crippen LogP contribution is 2.52. The Morgan fingerprint density at radius 2 is 1.62 bits per heavy atom. The number of aromatic carboxylic acids is 1. The summed E-state index contributed by atoms with van der Waals surface area (Å²) in [6.45, 7) is 11.5. The number of fused-ring (bicyclic) bond motifs is 4. The molecule has 0 amide bonds. The molecule has 8 rings (SSSR count). The normalized spacial score (nSPS) is 19.2. The van der Waals surface area contributed by atoms with Gasteiger partial charge in [0.1, 0.15) is 29.4 Å². The number of anilines is 1. The summed E-state index contributed by atoms with van der Waals surface area (Å²) in [5.74, 6) is -9.97. The summed E-state index contributed by atoms with van der Waals surface area (Å²) in [6.07, 6.45) is 5.89. The SMILES string of the molecule is CC1=CC(C)(C)N2CCCc3c4c(cc1c32)C(Cc1c(F)c(F)c(F)c(F)c1C(=O)O)=c1cc2c3c(c1O4)CCC[N+]=3C(C)(C)C=C2CS(=O)(=O)O. The van der Waals surface area contributed by atoms with Crippen molar-refractivity contribution < 1.29 is 45.2 Å². The maximum Gasteiger partial charge on any atom is 0.339 e. The molecule has 0 atom stereocenters. The van der Waals surface area contributed by atoms with Crippen molar-refractivity contribution in [2.45, 2.75) is 77.8 Å². The van der Waals surface area contributed by atoms with E-state index in [9.17, 15) is 31.7 Å². The lowest BCUT2D eigenvalue weighted by Crippen LogP contribution is -2.53. The summed E-state index contributed by atoms with van der Waals surface area (Å²) < 4.78 is 104. The molecule has 5 aliphatic rings. The molecule has 3 aromatic carbocycles. The summed E-state index contributed by atoms with van der Waals surface area (Å²) in [7, 11) is -4.51. The van der Waals surface area contributed by atoms with Gasteiger partial charge in [0.05, 0.1) is 22.4 Å². The molecule has 0 aliphatic carbocycles. The highest BCUT2D eigenvalue weighted by molar-refractivity contribution is 7.86. The Morgan fingerprint density at radius 1 is 0.923 bits per heavy atom. The smallest absolute Gasteiger partial charge is 0.339 e. The van der Waals surface area contributed by atoms with Crippen LogP contribution in [0, 0.1) is 23.3 Å². The molecule has 0 unspecified atom stereocenters. The molecule has 52 heavy (non-hydrogen) atoms. The summed E-state index contributed by atoms with van der Waals surface area (Å²) in [6, 6.07) is 3.55. The second kappa shape index (κ2) is 11.3. The van der Waals surface area contributed by atoms with Crippen molar-refractivity contribution in [1.29, 1.82) is 0 Å². The highest BCUT2D eigenvalue weighted by Gasteiger charge is 2.43. The number of carbonyl (C=O) groups is 1. The monoisotopic (exact) mass is 737 g/mol. The first-order chi connectivity index (χ1) is 24.3. The van der Waals surface area contributed by atoms with E-state index in [1.54, 1.807) is 12.1 Å². The van der Waals surface area contributed by atoms with E-state index in [0.29, 0.717) is 59.2 Å². The number of nitrogens with zero attached hydrogens (tertiary/aromatic N) is 2. The van der Waals surface area contributed by atoms with Crippen molar-refractivity contribution in [3.63, 3.8) is 0 Å². The highest BCUT2D eigenvalue weighted by atomic mass is 32.2. The third-order valence-electron chi connectivity index (χ3n) is 11.2. The molecule has 272 valence electrons. The van der Waals surface area contributed by atoms with Crippen molar-refractivity contribution in [1.82, 2.24) is 4.58 Å². The van der Waals surface area contributed by atoms with E-state index in [1.165, 1.54) is 0 Å². The molecule has 0 radical (unpaired) electrons. The Balaban J connectivity index is 1.54. The van der Waals surface area contributed by atoms with Gasteiger partial charge in [0.2, 0.25) is 5.36 Å². The molecule has 0 bridgehead atoms. The molecule has 3 aromatic rings. The van der Waals surface area contributed by atoms with Gasteiger partial charge in [0, 0.05) is 60.7 Å². The molecule has 0 saturated heterocycles. The van der Waals surface area contributed by atoms with E-state index in [4.69, 9.17) is 4.74 Å². The predicted molar refractivity (Wildman–Crippen MR) is 188 cm³/mol. The molecule has 2 N–H and O–H groups in total. The van der Waals surface area contributed by atoms with Crippen LogP contribution in [-0.4, -0.2) is 54.0 Å².